The quantitative estimate of drug-likeness (QED) is 0.122. The van der Waals surface area contributed by atoms with Crippen LogP contribution < -0.4 is 5.56 Å². The van der Waals surface area contributed by atoms with E-state index in [-0.39, 0.29) is 72.3 Å². The Morgan fingerprint density at radius 3 is 2.18 bits per heavy atom. The zero-order chi connectivity index (χ0) is 35.7. The number of nitriles is 1. The van der Waals surface area contributed by atoms with Gasteiger partial charge in [0.25, 0.3) is 14.1 Å². The Kier molecular flexibility index (Phi) is 14.4. The Hall–Kier alpha value is -1.58. The van der Waals surface area contributed by atoms with Crippen molar-refractivity contribution in [2.24, 2.45) is 0 Å². The first-order chi connectivity index (χ1) is 22.5. The molecule has 12 nitrogen and oxygen atoms in total. The Morgan fingerprint density at radius 2 is 1.65 bits per heavy atom. The van der Waals surface area contributed by atoms with E-state index in [1.807, 2.05) is 0 Å². The van der Waals surface area contributed by atoms with Crippen molar-refractivity contribution in [3.05, 3.63) is 28.7 Å². The molecule has 2 aromatic rings. The summed E-state index contributed by atoms with van der Waals surface area (Å²) in [4.78, 5) is 19.6. The topological polar surface area (TPSA) is 133 Å². The van der Waals surface area contributed by atoms with Gasteiger partial charge in [0.2, 0.25) is 0 Å². The number of aromatic nitrogens is 3. The summed E-state index contributed by atoms with van der Waals surface area (Å²) in [5, 5.41) is 9.15. The summed E-state index contributed by atoms with van der Waals surface area (Å²) in [6, 6.07) is 2.22. The van der Waals surface area contributed by atoms with E-state index in [1.54, 1.807) is 0 Å². The van der Waals surface area contributed by atoms with Crippen molar-refractivity contribution in [2.75, 3.05) is 13.2 Å². The van der Waals surface area contributed by atoms with Gasteiger partial charge in [-0.05, 0) is 49.9 Å². The van der Waals surface area contributed by atoms with Crippen LogP contribution in [0.3, 0.4) is 0 Å². The zero-order valence-corrected chi connectivity index (χ0v) is 33.4. The third-order valence-corrected chi connectivity index (χ3v) is 21.7. The van der Waals surface area contributed by atoms with Crippen molar-refractivity contribution in [1.82, 2.24) is 19.2 Å². The molecule has 0 amide bonds. The first-order valence-electron chi connectivity index (χ1n) is 17.2. The van der Waals surface area contributed by atoms with E-state index < -0.39 is 61.6 Å². The fourth-order valence-electron chi connectivity index (χ4n) is 7.10. The molecule has 0 bridgehead atoms. The summed E-state index contributed by atoms with van der Waals surface area (Å²) in [5.74, 6) is -0.718. The van der Waals surface area contributed by atoms with Crippen LogP contribution in [-0.2, 0) is 26.8 Å². The highest BCUT2D eigenvalue weighted by molar-refractivity contribution is 7.44. The Bertz CT molecular complexity index is 1460. The number of hydrogen-bond donors (Lipinski definition) is 1. The first-order valence-corrected chi connectivity index (χ1v) is 22.3. The summed E-state index contributed by atoms with van der Waals surface area (Å²) >= 11 is 0. The smallest absolute Gasteiger partial charge is 0.335 e. The van der Waals surface area contributed by atoms with E-state index in [2.05, 4.69) is 104 Å². The predicted molar refractivity (Wildman–Crippen MR) is 195 cm³/mol. The highest BCUT2D eigenvalue weighted by Crippen LogP contribution is 2.54. The molecule has 4 heterocycles. The normalized spacial score (nSPS) is 24.6. The van der Waals surface area contributed by atoms with Gasteiger partial charge in [-0.15, -0.1) is 0 Å². The minimum Gasteiger partial charge on any atom is -0.414 e. The fourth-order valence-corrected chi connectivity index (χ4v) is 20.0. The minimum absolute atomic E-state index is 0. The van der Waals surface area contributed by atoms with E-state index in [9.17, 15) is 10.1 Å². The lowest BCUT2D eigenvalue weighted by atomic mass is 10.1. The highest BCUT2D eigenvalue weighted by Gasteiger charge is 2.62. The standard InChI is InChI=1S/C32H55FN5O7PSi2.CH4/c1-19(2)38(20(3)4)46(40-15-13-14-34)43-29-28-26(42-32(29)37-16-25(33)27-30(37)35-18-36-31(27)39)17-41-47(21(5)6,22(7)8)45-48(44-28,23(9)10)24(11)12;/h16,18-24,26,28-29,32H,13,15,17H2,1-12H3,(H,35,36,39);1H4/t26-,28-,29-,32-,46?;/m1./s1. The second kappa shape index (κ2) is 16.8. The zero-order valence-electron chi connectivity index (χ0n) is 30.5. The monoisotopic (exact) mass is 743 g/mol. The number of fused-ring (bicyclic) bond motifs is 2. The van der Waals surface area contributed by atoms with Gasteiger partial charge in [-0.1, -0.05) is 62.8 Å². The summed E-state index contributed by atoms with van der Waals surface area (Å²) in [7, 11) is -7.76. The Morgan fingerprint density at radius 1 is 1.06 bits per heavy atom. The second-order valence-corrected chi connectivity index (χ2v) is 24.8. The average Bonchev–Trinajstić information content (AvgIpc) is 3.48. The van der Waals surface area contributed by atoms with Crippen molar-refractivity contribution >= 4 is 36.7 Å². The van der Waals surface area contributed by atoms with Crippen molar-refractivity contribution < 1.29 is 31.1 Å². The van der Waals surface area contributed by atoms with Crippen molar-refractivity contribution in [3.63, 3.8) is 0 Å². The molecule has 1 unspecified atom stereocenters. The van der Waals surface area contributed by atoms with Crippen LogP contribution in [0.25, 0.3) is 11.0 Å². The van der Waals surface area contributed by atoms with E-state index in [4.69, 9.17) is 26.8 Å². The summed E-state index contributed by atoms with van der Waals surface area (Å²) in [5.41, 5.74) is -0.0944. The first kappa shape index (κ1) is 41.8. The van der Waals surface area contributed by atoms with Gasteiger partial charge >= 0.3 is 17.1 Å². The molecule has 4 rings (SSSR count). The molecule has 2 saturated heterocycles. The number of H-pyrrole nitrogens is 1. The molecule has 0 radical (unpaired) electrons. The number of halogens is 1. The lowest BCUT2D eigenvalue weighted by Crippen LogP contribution is -2.65. The highest BCUT2D eigenvalue weighted by atomic mass is 31.2. The number of ether oxygens (including phenoxy) is 1. The molecule has 278 valence electrons. The Balaban J connectivity index is 0.00000650. The maximum atomic E-state index is 15.5. The lowest BCUT2D eigenvalue weighted by molar-refractivity contribution is -0.0564. The van der Waals surface area contributed by atoms with Crippen LogP contribution in [0.15, 0.2) is 17.3 Å². The van der Waals surface area contributed by atoms with E-state index >= 15 is 4.39 Å². The SMILES string of the molecule is C.CC(C)N(C(C)C)P(OCCC#N)O[C@@H]1[C@@H]2O[Si](C(C)C)(C(C)C)O[Si](C(C)C)(C(C)C)OC[C@H]2O[C@H]1n1cc(F)c2c(=O)[nH]cnc21. The molecular formula is C33H59FN5O7PSi2. The largest absolute Gasteiger partial charge is 0.414 e. The van der Waals surface area contributed by atoms with Crippen molar-refractivity contribution in [3.8, 4) is 6.07 Å². The molecule has 2 fully saturated rings. The summed E-state index contributed by atoms with van der Waals surface area (Å²) in [6.07, 6.45) is -0.414. The molecule has 5 atom stereocenters. The average molecular weight is 744 g/mol. The van der Waals surface area contributed by atoms with Crippen LogP contribution in [0.5, 0.6) is 0 Å². The third kappa shape index (κ3) is 8.09. The molecule has 2 aliphatic rings. The van der Waals surface area contributed by atoms with E-state index in [0.717, 1.165) is 0 Å². The molecule has 2 aromatic heterocycles. The second-order valence-electron chi connectivity index (χ2n) is 14.6. The number of aromatic amines is 1. The molecule has 16 heteroatoms. The van der Waals surface area contributed by atoms with Crippen molar-refractivity contribution in [2.45, 2.75) is 156 Å². The van der Waals surface area contributed by atoms with Crippen LogP contribution in [0.1, 0.15) is 103 Å². The molecule has 1 N–H and O–H groups in total. The molecule has 2 aliphatic heterocycles. The van der Waals surface area contributed by atoms with Gasteiger partial charge in [0.15, 0.2) is 17.7 Å². The molecule has 0 aromatic carbocycles. The number of rotatable bonds is 13. The van der Waals surface area contributed by atoms with Crippen LogP contribution in [0.4, 0.5) is 4.39 Å². The lowest BCUT2D eigenvalue weighted by Gasteiger charge is -2.51. The van der Waals surface area contributed by atoms with E-state index in [1.165, 1.54) is 17.1 Å². The van der Waals surface area contributed by atoms with Gasteiger partial charge in [-0.2, -0.15) is 5.26 Å². The van der Waals surface area contributed by atoms with Gasteiger partial charge in [0, 0.05) is 18.3 Å². The fraction of sp³-hybridized carbons (Fsp3) is 0.788. The summed E-state index contributed by atoms with van der Waals surface area (Å²) < 4.78 is 61.2. The Labute approximate surface area is 295 Å². The number of nitrogens with zero attached hydrogens (tertiary/aromatic N) is 4. The maximum absolute atomic E-state index is 15.5. The van der Waals surface area contributed by atoms with Gasteiger partial charge in [-0.25, -0.2) is 14.0 Å². The molecule has 0 spiro atoms. The van der Waals surface area contributed by atoms with Gasteiger partial charge in [-0.3, -0.25) is 4.79 Å². The van der Waals surface area contributed by atoms with E-state index in [0.29, 0.717) is 0 Å². The number of hydrogen-bond acceptors (Lipinski definition) is 10. The van der Waals surface area contributed by atoms with Crippen LogP contribution in [0.2, 0.25) is 22.2 Å². The third-order valence-electron chi connectivity index (χ3n) is 9.33. The predicted octanol–water partition coefficient (Wildman–Crippen LogP) is 8.01. The molecular weight excluding hydrogens is 685 g/mol. The molecule has 0 saturated carbocycles. The molecule has 49 heavy (non-hydrogen) atoms. The van der Waals surface area contributed by atoms with Crippen LogP contribution in [0, 0.1) is 17.1 Å². The summed E-state index contributed by atoms with van der Waals surface area (Å²) in [6.45, 7) is 25.8. The van der Waals surface area contributed by atoms with Crippen LogP contribution >= 0.6 is 8.53 Å². The van der Waals surface area contributed by atoms with Gasteiger partial charge in [0.1, 0.15) is 23.7 Å². The van der Waals surface area contributed by atoms with Crippen LogP contribution in [-0.4, -0.2) is 79.9 Å². The maximum Gasteiger partial charge on any atom is 0.335 e. The van der Waals surface area contributed by atoms with Gasteiger partial charge < -0.3 is 36.3 Å². The minimum atomic E-state index is -3.12. The van der Waals surface area contributed by atoms with Crippen molar-refractivity contribution in [1.29, 1.82) is 5.26 Å². The number of nitrogens with one attached hydrogen (secondary N) is 1. The molecule has 0 aliphatic carbocycles. The van der Waals surface area contributed by atoms with Gasteiger partial charge in [0.05, 0.1) is 32.0 Å².